The van der Waals surface area contributed by atoms with Gasteiger partial charge in [-0.25, -0.2) is 0 Å². The van der Waals surface area contributed by atoms with Crippen LogP contribution in [0.25, 0.3) is 0 Å². The molecule has 3 rings (SSSR count). The van der Waals surface area contributed by atoms with E-state index in [-0.39, 0.29) is 11.9 Å². The van der Waals surface area contributed by atoms with Crippen LogP contribution in [0.5, 0.6) is 0 Å². The van der Waals surface area contributed by atoms with Gasteiger partial charge in [-0.15, -0.1) is 0 Å². The fraction of sp³-hybridized carbons (Fsp3) is 0.368. The molecular weight excluding hydrogens is 286 g/mol. The van der Waals surface area contributed by atoms with E-state index in [1.807, 2.05) is 6.07 Å². The Balaban J connectivity index is 1.79. The quantitative estimate of drug-likeness (QED) is 0.882. The zero-order valence-corrected chi connectivity index (χ0v) is 13.9. The number of rotatable bonds is 4. The van der Waals surface area contributed by atoms with Crippen LogP contribution in [0.2, 0.25) is 0 Å². The van der Waals surface area contributed by atoms with Crippen LogP contribution in [0.1, 0.15) is 41.8 Å². The van der Waals surface area contributed by atoms with Gasteiger partial charge in [0.1, 0.15) is 0 Å². The monoisotopic (exact) mass is 309 g/mol. The second-order valence-corrected chi connectivity index (χ2v) is 6.26. The van der Waals surface area contributed by atoms with Gasteiger partial charge in [-0.2, -0.15) is 5.10 Å². The molecule has 0 bridgehead atoms. The number of aromatic nitrogens is 2. The number of carbonyl (C=O) groups is 1. The first-order chi connectivity index (χ1) is 11.0. The molecule has 1 aliphatic carbocycles. The second-order valence-electron chi connectivity index (χ2n) is 6.26. The summed E-state index contributed by atoms with van der Waals surface area (Å²) in [6, 6.07) is 10.5. The van der Waals surface area contributed by atoms with E-state index < -0.39 is 0 Å². The van der Waals surface area contributed by atoms with Gasteiger partial charge >= 0.3 is 0 Å². The van der Waals surface area contributed by atoms with Crippen LogP contribution in [0.3, 0.4) is 0 Å². The molecule has 1 aromatic heterocycles. The Bertz CT molecular complexity index is 731. The van der Waals surface area contributed by atoms with Crippen LogP contribution in [0.15, 0.2) is 42.5 Å². The van der Waals surface area contributed by atoms with Crippen molar-refractivity contribution < 1.29 is 4.79 Å². The van der Waals surface area contributed by atoms with E-state index in [2.05, 4.69) is 60.3 Å². The zero-order valence-electron chi connectivity index (χ0n) is 13.9. The van der Waals surface area contributed by atoms with E-state index in [0.29, 0.717) is 5.92 Å². The lowest BCUT2D eigenvalue weighted by Crippen LogP contribution is -2.30. The van der Waals surface area contributed by atoms with E-state index in [9.17, 15) is 4.79 Å². The smallest absolute Gasteiger partial charge is 0.217 e. The van der Waals surface area contributed by atoms with Gasteiger partial charge < -0.3 is 5.32 Å². The lowest BCUT2D eigenvalue weighted by molar-refractivity contribution is -0.119. The Morgan fingerprint density at radius 3 is 2.70 bits per heavy atom. The summed E-state index contributed by atoms with van der Waals surface area (Å²) in [5.41, 5.74) is 4.84. The fourth-order valence-corrected chi connectivity index (χ4v) is 3.44. The van der Waals surface area contributed by atoms with Crippen molar-refractivity contribution in [1.82, 2.24) is 15.1 Å². The topological polar surface area (TPSA) is 46.9 Å². The molecule has 4 heteroatoms. The number of allylic oxidation sites excluding steroid dienone is 1. The molecule has 1 N–H and O–H groups in total. The first kappa shape index (κ1) is 15.5. The number of hydrogen-bond donors (Lipinski definition) is 1. The van der Waals surface area contributed by atoms with Crippen LogP contribution in [0.4, 0.5) is 0 Å². The number of aryl methyl sites for hydroxylation is 1. The third kappa shape index (κ3) is 3.36. The number of benzene rings is 1. The summed E-state index contributed by atoms with van der Waals surface area (Å²) in [5.74, 6) is 0.352. The van der Waals surface area contributed by atoms with Crippen LogP contribution < -0.4 is 5.32 Å². The first-order valence-corrected chi connectivity index (χ1v) is 8.08. The average molecular weight is 309 g/mol. The van der Waals surface area contributed by atoms with Crippen LogP contribution >= 0.6 is 0 Å². The van der Waals surface area contributed by atoms with Crippen molar-refractivity contribution >= 4 is 5.91 Å². The van der Waals surface area contributed by atoms with Crippen molar-refractivity contribution in [3.8, 4) is 0 Å². The molecule has 1 aliphatic rings. The molecule has 2 aromatic rings. The Morgan fingerprint density at radius 1 is 1.26 bits per heavy atom. The van der Waals surface area contributed by atoms with E-state index in [1.54, 1.807) is 6.92 Å². The van der Waals surface area contributed by atoms with Gasteiger partial charge in [0.15, 0.2) is 0 Å². The Morgan fingerprint density at radius 2 is 2.00 bits per heavy atom. The van der Waals surface area contributed by atoms with Crippen molar-refractivity contribution in [2.24, 2.45) is 0 Å². The number of nitrogens with one attached hydrogen (secondary N) is 1. The van der Waals surface area contributed by atoms with Gasteiger partial charge in [-0.05, 0) is 25.8 Å². The average Bonchev–Trinajstić information content (AvgIpc) is 3.05. The van der Waals surface area contributed by atoms with Crippen molar-refractivity contribution in [1.29, 1.82) is 0 Å². The van der Waals surface area contributed by atoms with Gasteiger partial charge in [-0.1, -0.05) is 42.5 Å². The Kier molecular flexibility index (Phi) is 4.33. The number of hydrogen-bond acceptors (Lipinski definition) is 2. The molecule has 1 aromatic carbocycles. The summed E-state index contributed by atoms with van der Waals surface area (Å²) in [6.07, 6.45) is 5.21. The van der Waals surface area contributed by atoms with Crippen molar-refractivity contribution in [3.63, 3.8) is 0 Å². The summed E-state index contributed by atoms with van der Waals surface area (Å²) >= 11 is 0. The van der Waals surface area contributed by atoms with Crippen LogP contribution in [-0.4, -0.2) is 21.7 Å². The predicted octanol–water partition coefficient (Wildman–Crippen LogP) is 3.10. The summed E-state index contributed by atoms with van der Waals surface area (Å²) in [5, 5.41) is 7.71. The largest absolute Gasteiger partial charge is 0.350 e. The maximum atomic E-state index is 11.2. The molecule has 1 amide bonds. The Labute approximate surface area is 137 Å². The number of amides is 1. The van der Waals surface area contributed by atoms with Gasteiger partial charge in [0.05, 0.1) is 12.2 Å². The van der Waals surface area contributed by atoms with Gasteiger partial charge in [0, 0.05) is 30.1 Å². The van der Waals surface area contributed by atoms with E-state index in [0.717, 1.165) is 18.7 Å². The standard InChI is InChI=1S/C19H23N3O/c1-13-19(17-9-10-18(11-17)20-15(3)23)14(2)22(21-13)12-16-7-5-4-6-8-16/h4-10,17-18H,11-12H2,1-3H3,(H,20,23). The summed E-state index contributed by atoms with van der Waals surface area (Å²) in [7, 11) is 0. The second kappa shape index (κ2) is 6.41. The normalized spacial score (nSPS) is 20.0. The molecule has 0 radical (unpaired) electrons. The minimum Gasteiger partial charge on any atom is -0.350 e. The molecule has 0 saturated carbocycles. The first-order valence-electron chi connectivity index (χ1n) is 8.08. The van der Waals surface area contributed by atoms with Crippen molar-refractivity contribution in [2.75, 3.05) is 0 Å². The van der Waals surface area contributed by atoms with Crippen molar-refractivity contribution in [3.05, 3.63) is 65.0 Å². The summed E-state index contributed by atoms with van der Waals surface area (Å²) in [4.78, 5) is 11.2. The minimum atomic E-state index is 0.0218. The summed E-state index contributed by atoms with van der Waals surface area (Å²) < 4.78 is 2.08. The number of carbonyl (C=O) groups excluding carboxylic acids is 1. The van der Waals surface area contributed by atoms with Gasteiger partial charge in [0.25, 0.3) is 0 Å². The SMILES string of the molecule is CC(=O)NC1C=CC(c2c(C)nn(Cc3ccccc3)c2C)C1. The van der Waals surface area contributed by atoms with Crippen LogP contribution in [-0.2, 0) is 11.3 Å². The molecule has 0 aliphatic heterocycles. The Hall–Kier alpha value is -2.36. The molecule has 2 atom stereocenters. The van der Waals surface area contributed by atoms with E-state index in [1.165, 1.54) is 16.8 Å². The van der Waals surface area contributed by atoms with Crippen LogP contribution in [0, 0.1) is 13.8 Å². The van der Waals surface area contributed by atoms with Crippen molar-refractivity contribution in [2.45, 2.75) is 45.7 Å². The van der Waals surface area contributed by atoms with Gasteiger partial charge in [-0.3, -0.25) is 9.48 Å². The molecule has 4 nitrogen and oxygen atoms in total. The third-order valence-electron chi connectivity index (χ3n) is 4.46. The third-order valence-corrected chi connectivity index (χ3v) is 4.46. The maximum absolute atomic E-state index is 11.2. The molecule has 0 spiro atoms. The highest BCUT2D eigenvalue weighted by Crippen LogP contribution is 2.33. The highest BCUT2D eigenvalue weighted by atomic mass is 16.1. The molecule has 2 unspecified atom stereocenters. The molecule has 23 heavy (non-hydrogen) atoms. The number of nitrogens with zero attached hydrogens (tertiary/aromatic N) is 2. The molecule has 120 valence electrons. The minimum absolute atomic E-state index is 0.0218. The molecule has 0 fully saturated rings. The van der Waals surface area contributed by atoms with E-state index >= 15 is 0 Å². The summed E-state index contributed by atoms with van der Waals surface area (Å²) in [6.45, 7) is 6.57. The lowest BCUT2D eigenvalue weighted by atomic mass is 9.96. The lowest BCUT2D eigenvalue weighted by Gasteiger charge is -2.13. The molecule has 0 saturated heterocycles. The highest BCUT2D eigenvalue weighted by molar-refractivity contribution is 5.73. The molecule has 1 heterocycles. The zero-order chi connectivity index (χ0) is 16.4. The predicted molar refractivity (Wildman–Crippen MR) is 91.3 cm³/mol. The fourth-order valence-electron chi connectivity index (χ4n) is 3.44. The molecular formula is C19H23N3O. The highest BCUT2D eigenvalue weighted by Gasteiger charge is 2.26. The van der Waals surface area contributed by atoms with E-state index in [4.69, 9.17) is 5.10 Å². The van der Waals surface area contributed by atoms with Gasteiger partial charge in [0.2, 0.25) is 5.91 Å². The maximum Gasteiger partial charge on any atom is 0.217 e.